The third-order valence-corrected chi connectivity index (χ3v) is 4.92. The van der Waals surface area contributed by atoms with Crippen molar-refractivity contribution >= 4 is 0 Å². The van der Waals surface area contributed by atoms with E-state index in [9.17, 15) is 0 Å². The number of nitrogens with zero attached hydrogens (tertiary/aromatic N) is 2. The summed E-state index contributed by atoms with van der Waals surface area (Å²) in [5.41, 5.74) is 0. The number of ether oxygens (including phenoxy) is 1. The van der Waals surface area contributed by atoms with Gasteiger partial charge in [0.1, 0.15) is 0 Å². The van der Waals surface area contributed by atoms with Gasteiger partial charge in [0.15, 0.2) is 0 Å². The molecule has 0 N–H and O–H groups in total. The van der Waals surface area contributed by atoms with Gasteiger partial charge in [0, 0.05) is 19.6 Å². The van der Waals surface area contributed by atoms with Crippen LogP contribution in [0.3, 0.4) is 0 Å². The summed E-state index contributed by atoms with van der Waals surface area (Å²) in [6.45, 7) is 14.2. The van der Waals surface area contributed by atoms with Gasteiger partial charge in [-0.15, -0.1) is 0 Å². The fourth-order valence-corrected chi connectivity index (χ4v) is 3.78. The van der Waals surface area contributed by atoms with Crippen LogP contribution in [0.5, 0.6) is 0 Å². The molecular formula is C17H34N2O. The monoisotopic (exact) mass is 282 g/mol. The second kappa shape index (κ2) is 9.01. The van der Waals surface area contributed by atoms with Crippen LogP contribution in [-0.4, -0.2) is 62.3 Å². The van der Waals surface area contributed by atoms with Crippen LogP contribution in [0.25, 0.3) is 0 Å². The maximum atomic E-state index is 5.42. The molecule has 20 heavy (non-hydrogen) atoms. The number of hydrogen-bond donors (Lipinski definition) is 0. The molecule has 3 nitrogen and oxygen atoms in total. The lowest BCUT2D eigenvalue weighted by Crippen LogP contribution is -2.38. The molecule has 0 aromatic heterocycles. The molecule has 0 aliphatic carbocycles. The van der Waals surface area contributed by atoms with Crippen molar-refractivity contribution in [2.24, 2.45) is 11.8 Å². The summed E-state index contributed by atoms with van der Waals surface area (Å²) in [7, 11) is 0. The van der Waals surface area contributed by atoms with E-state index in [2.05, 4.69) is 23.6 Å². The molecule has 0 amide bonds. The molecule has 2 heterocycles. The zero-order chi connectivity index (χ0) is 14.2. The standard InChI is InChI=1S/C17H34N2O/c1-3-7-19-8-4-5-17(15-19)14-16(2)6-9-18-10-12-20-13-11-18/h16-17H,3-15H2,1-2H3. The van der Waals surface area contributed by atoms with E-state index in [0.717, 1.165) is 38.1 Å². The lowest BCUT2D eigenvalue weighted by molar-refractivity contribution is 0.0348. The van der Waals surface area contributed by atoms with Crippen molar-refractivity contribution in [3.8, 4) is 0 Å². The normalized spacial score (nSPS) is 27.6. The average Bonchev–Trinajstić information content (AvgIpc) is 2.47. The average molecular weight is 282 g/mol. The highest BCUT2D eigenvalue weighted by molar-refractivity contribution is 4.75. The van der Waals surface area contributed by atoms with Crippen LogP contribution < -0.4 is 0 Å². The Morgan fingerprint density at radius 3 is 2.65 bits per heavy atom. The highest BCUT2D eigenvalue weighted by Gasteiger charge is 2.21. The second-order valence-corrected chi connectivity index (χ2v) is 6.89. The first-order chi connectivity index (χ1) is 9.78. The van der Waals surface area contributed by atoms with Crippen molar-refractivity contribution in [3.05, 3.63) is 0 Å². The molecule has 2 aliphatic heterocycles. The number of morpholine rings is 1. The minimum absolute atomic E-state index is 0.879. The van der Waals surface area contributed by atoms with Crippen LogP contribution in [0.15, 0.2) is 0 Å². The van der Waals surface area contributed by atoms with Gasteiger partial charge in [0.2, 0.25) is 0 Å². The number of likely N-dealkylation sites (tertiary alicyclic amines) is 1. The van der Waals surface area contributed by atoms with Gasteiger partial charge in [0.25, 0.3) is 0 Å². The minimum atomic E-state index is 0.879. The van der Waals surface area contributed by atoms with Crippen molar-refractivity contribution in [2.45, 2.75) is 46.0 Å². The fraction of sp³-hybridized carbons (Fsp3) is 1.00. The Bertz CT molecular complexity index is 251. The first-order valence-corrected chi connectivity index (χ1v) is 8.80. The molecule has 0 aromatic carbocycles. The molecule has 2 fully saturated rings. The van der Waals surface area contributed by atoms with E-state index in [1.165, 1.54) is 58.3 Å². The van der Waals surface area contributed by atoms with Crippen LogP contribution in [0, 0.1) is 11.8 Å². The number of piperidine rings is 1. The van der Waals surface area contributed by atoms with Crippen LogP contribution in [0.1, 0.15) is 46.0 Å². The van der Waals surface area contributed by atoms with E-state index in [1.54, 1.807) is 0 Å². The maximum absolute atomic E-state index is 5.42. The molecule has 2 aliphatic rings. The Kier molecular flexibility index (Phi) is 7.32. The van der Waals surface area contributed by atoms with Gasteiger partial charge in [-0.05, 0) is 63.6 Å². The van der Waals surface area contributed by atoms with Gasteiger partial charge in [-0.1, -0.05) is 13.8 Å². The summed E-state index contributed by atoms with van der Waals surface area (Å²) < 4.78 is 5.42. The Morgan fingerprint density at radius 2 is 1.90 bits per heavy atom. The molecule has 2 atom stereocenters. The van der Waals surface area contributed by atoms with E-state index < -0.39 is 0 Å². The van der Waals surface area contributed by atoms with Crippen LogP contribution in [0.4, 0.5) is 0 Å². The molecule has 0 bridgehead atoms. The summed E-state index contributed by atoms with van der Waals surface area (Å²) in [4.78, 5) is 5.26. The zero-order valence-electron chi connectivity index (χ0n) is 13.6. The van der Waals surface area contributed by atoms with Crippen LogP contribution >= 0.6 is 0 Å². The molecule has 3 heteroatoms. The van der Waals surface area contributed by atoms with Crippen molar-refractivity contribution in [2.75, 3.05) is 52.5 Å². The number of hydrogen-bond acceptors (Lipinski definition) is 3. The Balaban J connectivity index is 1.61. The summed E-state index contributed by atoms with van der Waals surface area (Å²) in [5.74, 6) is 1.83. The van der Waals surface area contributed by atoms with E-state index in [-0.39, 0.29) is 0 Å². The maximum Gasteiger partial charge on any atom is 0.0594 e. The Hall–Kier alpha value is -0.120. The Morgan fingerprint density at radius 1 is 1.10 bits per heavy atom. The van der Waals surface area contributed by atoms with Gasteiger partial charge < -0.3 is 9.64 Å². The predicted molar refractivity (Wildman–Crippen MR) is 85.1 cm³/mol. The van der Waals surface area contributed by atoms with Gasteiger partial charge in [-0.2, -0.15) is 0 Å². The van der Waals surface area contributed by atoms with Crippen LogP contribution in [0.2, 0.25) is 0 Å². The largest absolute Gasteiger partial charge is 0.379 e. The molecule has 0 aromatic rings. The third kappa shape index (κ3) is 5.71. The van der Waals surface area contributed by atoms with E-state index >= 15 is 0 Å². The molecule has 2 rings (SSSR count). The summed E-state index contributed by atoms with van der Waals surface area (Å²) in [6, 6.07) is 0. The van der Waals surface area contributed by atoms with E-state index in [0.29, 0.717) is 0 Å². The third-order valence-electron chi connectivity index (χ3n) is 4.92. The topological polar surface area (TPSA) is 15.7 Å². The van der Waals surface area contributed by atoms with Crippen LogP contribution in [-0.2, 0) is 4.74 Å². The fourth-order valence-electron chi connectivity index (χ4n) is 3.78. The predicted octanol–water partition coefficient (Wildman–Crippen LogP) is 2.86. The molecule has 0 radical (unpaired) electrons. The lowest BCUT2D eigenvalue weighted by Gasteiger charge is -2.34. The smallest absolute Gasteiger partial charge is 0.0594 e. The molecule has 2 unspecified atom stereocenters. The lowest BCUT2D eigenvalue weighted by atomic mass is 9.87. The van der Waals surface area contributed by atoms with Gasteiger partial charge >= 0.3 is 0 Å². The zero-order valence-corrected chi connectivity index (χ0v) is 13.6. The highest BCUT2D eigenvalue weighted by Crippen LogP contribution is 2.25. The van der Waals surface area contributed by atoms with E-state index in [4.69, 9.17) is 4.74 Å². The number of rotatable bonds is 7. The Labute approximate surface area is 125 Å². The van der Waals surface area contributed by atoms with Crippen molar-refractivity contribution in [3.63, 3.8) is 0 Å². The summed E-state index contributed by atoms with van der Waals surface area (Å²) in [6.07, 6.45) is 6.98. The van der Waals surface area contributed by atoms with Gasteiger partial charge in [-0.3, -0.25) is 4.90 Å². The van der Waals surface area contributed by atoms with Crippen molar-refractivity contribution in [1.82, 2.24) is 9.80 Å². The first kappa shape index (κ1) is 16.3. The summed E-state index contributed by atoms with van der Waals surface area (Å²) in [5, 5.41) is 0. The second-order valence-electron chi connectivity index (χ2n) is 6.89. The molecule has 118 valence electrons. The SMILES string of the molecule is CCCN1CCCC(CC(C)CCN2CCOCC2)C1. The quantitative estimate of drug-likeness (QED) is 0.714. The van der Waals surface area contributed by atoms with E-state index in [1.807, 2.05) is 0 Å². The van der Waals surface area contributed by atoms with Crippen molar-refractivity contribution < 1.29 is 4.74 Å². The van der Waals surface area contributed by atoms with Crippen molar-refractivity contribution in [1.29, 1.82) is 0 Å². The molecular weight excluding hydrogens is 248 g/mol. The summed E-state index contributed by atoms with van der Waals surface area (Å²) >= 11 is 0. The highest BCUT2D eigenvalue weighted by atomic mass is 16.5. The molecule has 2 saturated heterocycles. The minimum Gasteiger partial charge on any atom is -0.379 e. The first-order valence-electron chi connectivity index (χ1n) is 8.80. The van der Waals surface area contributed by atoms with Gasteiger partial charge in [0.05, 0.1) is 13.2 Å². The molecule has 0 saturated carbocycles. The molecule has 0 spiro atoms. The van der Waals surface area contributed by atoms with Gasteiger partial charge in [-0.25, -0.2) is 0 Å².